The van der Waals surface area contributed by atoms with Gasteiger partial charge in [-0.1, -0.05) is 6.92 Å². The minimum Gasteiger partial charge on any atom is -0.318 e. The lowest BCUT2D eigenvalue weighted by Gasteiger charge is -2.08. The molecule has 0 aromatic heterocycles. The van der Waals surface area contributed by atoms with Gasteiger partial charge in [0.05, 0.1) is 9.82 Å². The van der Waals surface area contributed by atoms with E-state index >= 15 is 0 Å². The Morgan fingerprint density at radius 1 is 1.50 bits per heavy atom. The molecule has 1 aromatic rings. The third kappa shape index (κ3) is 3.06. The highest BCUT2D eigenvalue weighted by Crippen LogP contribution is 2.37. The second-order valence-corrected chi connectivity index (χ2v) is 6.67. The molecular formula is C11H16N4O4S. The maximum atomic E-state index is 12.1. The third-order valence-electron chi connectivity index (χ3n) is 3.44. The summed E-state index contributed by atoms with van der Waals surface area (Å²) in [6.45, 7) is 2.44. The summed E-state index contributed by atoms with van der Waals surface area (Å²) in [5.41, 5.74) is 1.82. The third-order valence-corrected chi connectivity index (χ3v) is 4.86. The van der Waals surface area contributed by atoms with Gasteiger partial charge < -0.3 is 5.43 Å². The minimum atomic E-state index is -3.68. The molecule has 1 fully saturated rings. The Hall–Kier alpha value is -1.71. The van der Waals surface area contributed by atoms with Crippen LogP contribution in [-0.4, -0.2) is 19.9 Å². The fourth-order valence-corrected chi connectivity index (χ4v) is 3.06. The molecule has 8 nitrogen and oxygen atoms in total. The normalized spacial score (nSPS) is 21.5. The van der Waals surface area contributed by atoms with E-state index in [2.05, 4.69) is 17.1 Å². The van der Waals surface area contributed by atoms with E-state index in [1.54, 1.807) is 0 Å². The molecule has 0 aliphatic heterocycles. The molecule has 0 spiro atoms. The van der Waals surface area contributed by atoms with Gasteiger partial charge in [0.1, 0.15) is 5.69 Å². The molecule has 1 aliphatic rings. The SMILES string of the molecule is CC1CC1CNS(=O)(=O)c1ccc([N+](=O)[O-])c(NN)c1. The van der Waals surface area contributed by atoms with E-state index in [9.17, 15) is 18.5 Å². The van der Waals surface area contributed by atoms with Gasteiger partial charge in [0.15, 0.2) is 0 Å². The second-order valence-electron chi connectivity index (χ2n) is 4.91. The molecule has 0 bridgehead atoms. The van der Waals surface area contributed by atoms with Crippen LogP contribution in [0.1, 0.15) is 13.3 Å². The molecule has 0 radical (unpaired) electrons. The molecule has 1 aromatic carbocycles. The van der Waals surface area contributed by atoms with Gasteiger partial charge in [-0.3, -0.25) is 16.0 Å². The average molecular weight is 300 g/mol. The first kappa shape index (κ1) is 14.7. The van der Waals surface area contributed by atoms with Crippen LogP contribution in [0, 0.1) is 22.0 Å². The average Bonchev–Trinajstić information content (AvgIpc) is 3.11. The highest BCUT2D eigenvalue weighted by Gasteiger charge is 2.33. The summed E-state index contributed by atoms with van der Waals surface area (Å²) in [7, 11) is -3.68. The Kier molecular flexibility index (Phi) is 3.93. The van der Waals surface area contributed by atoms with E-state index < -0.39 is 14.9 Å². The zero-order valence-electron chi connectivity index (χ0n) is 10.9. The number of nitrogens with zero attached hydrogens (tertiary/aromatic N) is 1. The summed E-state index contributed by atoms with van der Waals surface area (Å²) in [5.74, 6) is 6.09. The fraction of sp³-hybridized carbons (Fsp3) is 0.455. The van der Waals surface area contributed by atoms with Gasteiger partial charge in [0.25, 0.3) is 5.69 Å². The molecule has 0 amide bonds. The first-order chi connectivity index (χ1) is 9.35. The van der Waals surface area contributed by atoms with Crippen LogP contribution in [0.15, 0.2) is 23.1 Å². The van der Waals surface area contributed by atoms with Crippen molar-refractivity contribution < 1.29 is 13.3 Å². The summed E-state index contributed by atoms with van der Waals surface area (Å²) >= 11 is 0. The first-order valence-corrected chi connectivity index (χ1v) is 7.58. The Balaban J connectivity index is 2.20. The molecule has 1 saturated carbocycles. The topological polar surface area (TPSA) is 127 Å². The molecule has 2 unspecified atom stereocenters. The summed E-state index contributed by atoms with van der Waals surface area (Å²) < 4.78 is 26.6. The molecule has 0 saturated heterocycles. The van der Waals surface area contributed by atoms with E-state index in [1.807, 2.05) is 0 Å². The van der Waals surface area contributed by atoms with E-state index in [0.29, 0.717) is 18.4 Å². The lowest BCUT2D eigenvalue weighted by atomic mass is 10.3. The van der Waals surface area contributed by atoms with Gasteiger partial charge in [-0.15, -0.1) is 0 Å². The first-order valence-electron chi connectivity index (χ1n) is 6.10. The largest absolute Gasteiger partial charge is 0.318 e. The lowest BCUT2D eigenvalue weighted by Crippen LogP contribution is -2.26. The summed E-state index contributed by atoms with van der Waals surface area (Å²) in [6, 6.07) is 3.46. The molecule has 2 rings (SSSR count). The van der Waals surface area contributed by atoms with Crippen molar-refractivity contribution in [3.05, 3.63) is 28.3 Å². The van der Waals surface area contributed by atoms with E-state index in [-0.39, 0.29) is 16.3 Å². The van der Waals surface area contributed by atoms with Crippen LogP contribution in [0.2, 0.25) is 0 Å². The van der Waals surface area contributed by atoms with Gasteiger partial charge in [0.2, 0.25) is 10.0 Å². The van der Waals surface area contributed by atoms with Gasteiger partial charge in [-0.2, -0.15) is 0 Å². The van der Waals surface area contributed by atoms with E-state index in [4.69, 9.17) is 5.84 Å². The van der Waals surface area contributed by atoms with Crippen molar-refractivity contribution in [3.8, 4) is 0 Å². The van der Waals surface area contributed by atoms with Crippen molar-refractivity contribution in [1.29, 1.82) is 0 Å². The summed E-state index contributed by atoms with van der Waals surface area (Å²) in [5, 5.41) is 10.7. The smallest absolute Gasteiger partial charge is 0.293 e. The maximum absolute atomic E-state index is 12.1. The number of nitro benzene ring substituents is 1. The van der Waals surface area contributed by atoms with Crippen molar-refractivity contribution in [1.82, 2.24) is 4.72 Å². The highest BCUT2D eigenvalue weighted by atomic mass is 32.2. The quantitative estimate of drug-likeness (QED) is 0.405. The van der Waals surface area contributed by atoms with Crippen LogP contribution in [-0.2, 0) is 10.0 Å². The number of nitro groups is 1. The van der Waals surface area contributed by atoms with E-state index in [0.717, 1.165) is 18.6 Å². The van der Waals surface area contributed by atoms with Gasteiger partial charge in [-0.25, -0.2) is 13.1 Å². The second kappa shape index (κ2) is 5.35. The van der Waals surface area contributed by atoms with Crippen LogP contribution in [0.3, 0.4) is 0 Å². The van der Waals surface area contributed by atoms with E-state index in [1.165, 1.54) is 6.07 Å². The lowest BCUT2D eigenvalue weighted by molar-refractivity contribution is -0.384. The molecule has 2 atom stereocenters. The standard InChI is InChI=1S/C11H16N4O4S/c1-7-4-8(7)6-13-20(18,19)9-2-3-11(15(16)17)10(5-9)14-12/h2-3,5,7-8,13-14H,4,6,12H2,1H3. The van der Waals surface area contributed by atoms with Crippen molar-refractivity contribution in [2.24, 2.45) is 17.7 Å². The number of hydrazine groups is 1. The van der Waals surface area contributed by atoms with Gasteiger partial charge in [-0.05, 0) is 30.4 Å². The molecule has 4 N–H and O–H groups in total. The Bertz CT molecular complexity index is 631. The Morgan fingerprint density at radius 3 is 2.65 bits per heavy atom. The van der Waals surface area contributed by atoms with Crippen molar-refractivity contribution >= 4 is 21.4 Å². The number of hydrogen-bond acceptors (Lipinski definition) is 6. The summed E-state index contributed by atoms with van der Waals surface area (Å²) in [4.78, 5) is 10.1. The molecule has 1 aliphatic carbocycles. The minimum absolute atomic E-state index is 0.0438. The molecule has 20 heavy (non-hydrogen) atoms. The number of hydrogen-bond donors (Lipinski definition) is 3. The van der Waals surface area contributed by atoms with Crippen molar-refractivity contribution in [3.63, 3.8) is 0 Å². The number of rotatable bonds is 6. The molecule has 110 valence electrons. The predicted octanol–water partition coefficient (Wildman–Crippen LogP) is 0.815. The summed E-state index contributed by atoms with van der Waals surface area (Å²) in [6.07, 6.45) is 1.01. The van der Waals surface area contributed by atoms with Crippen LogP contribution in [0.25, 0.3) is 0 Å². The fourth-order valence-electron chi connectivity index (χ4n) is 1.94. The van der Waals surface area contributed by atoms with Crippen LogP contribution < -0.4 is 16.0 Å². The van der Waals surface area contributed by atoms with Crippen molar-refractivity contribution in [2.75, 3.05) is 12.0 Å². The number of nitrogen functional groups attached to an aromatic ring is 1. The Labute approximate surface area is 116 Å². The van der Waals surface area contributed by atoms with Gasteiger partial charge >= 0.3 is 0 Å². The van der Waals surface area contributed by atoms with Gasteiger partial charge in [0, 0.05) is 12.6 Å². The van der Waals surface area contributed by atoms with Crippen LogP contribution >= 0.6 is 0 Å². The number of anilines is 1. The predicted molar refractivity (Wildman–Crippen MR) is 73.4 cm³/mol. The number of nitrogens with one attached hydrogen (secondary N) is 2. The molecule has 0 heterocycles. The molecule has 9 heteroatoms. The number of sulfonamides is 1. The Morgan fingerprint density at radius 2 is 2.15 bits per heavy atom. The van der Waals surface area contributed by atoms with Crippen LogP contribution in [0.4, 0.5) is 11.4 Å². The molecular weight excluding hydrogens is 284 g/mol. The number of nitrogens with two attached hydrogens (primary N) is 1. The zero-order chi connectivity index (χ0) is 14.9. The van der Waals surface area contributed by atoms with Crippen LogP contribution in [0.5, 0.6) is 0 Å². The van der Waals surface area contributed by atoms with Crippen molar-refractivity contribution in [2.45, 2.75) is 18.2 Å². The maximum Gasteiger partial charge on any atom is 0.293 e. The monoisotopic (exact) mass is 300 g/mol. The number of benzene rings is 1. The highest BCUT2D eigenvalue weighted by molar-refractivity contribution is 7.89. The zero-order valence-corrected chi connectivity index (χ0v) is 11.7.